The number of hydrogen-bond acceptors (Lipinski definition) is 4. The van der Waals surface area contributed by atoms with Crippen molar-refractivity contribution in [1.29, 1.82) is 0 Å². The molecule has 0 aliphatic heterocycles. The molecule has 152 valence electrons. The molecule has 0 spiro atoms. The summed E-state index contributed by atoms with van der Waals surface area (Å²) in [5.41, 5.74) is -1.48. The largest absolute Gasteiger partial charge is 0.497 e. The van der Waals surface area contributed by atoms with Gasteiger partial charge in [-0.2, -0.15) is 0 Å². The van der Waals surface area contributed by atoms with Crippen LogP contribution < -0.4 is 14.8 Å². The van der Waals surface area contributed by atoms with Crippen LogP contribution in [-0.2, 0) is 6.61 Å². The number of rotatable bonds is 6. The summed E-state index contributed by atoms with van der Waals surface area (Å²) in [5, 5.41) is 1.62. The number of ether oxygens (including phenoxy) is 2. The maximum Gasteiger partial charge on any atom is 0.291 e. The maximum atomic E-state index is 13.7. The fourth-order valence-electron chi connectivity index (χ4n) is 2.31. The number of anilines is 1. The van der Waals surface area contributed by atoms with Crippen molar-refractivity contribution in [2.75, 3.05) is 12.4 Å². The Hall–Kier alpha value is -3.56. The van der Waals surface area contributed by atoms with Gasteiger partial charge in [-0.15, -0.1) is 0 Å². The van der Waals surface area contributed by atoms with Crippen molar-refractivity contribution in [2.45, 2.75) is 6.61 Å². The Morgan fingerprint density at radius 1 is 0.931 bits per heavy atom. The van der Waals surface area contributed by atoms with Crippen molar-refractivity contribution < 1.29 is 40.6 Å². The predicted octanol–water partition coefficient (Wildman–Crippen LogP) is 4.82. The SMILES string of the molecule is COc1cccc(OCc2ccc(C(=O)Nc3c(F)c(F)c(F)c(F)c3F)o2)c1. The molecule has 1 aromatic heterocycles. The summed E-state index contributed by atoms with van der Waals surface area (Å²) in [6.45, 7) is -0.0943. The van der Waals surface area contributed by atoms with Gasteiger partial charge in [-0.05, 0) is 24.3 Å². The topological polar surface area (TPSA) is 60.7 Å². The van der Waals surface area contributed by atoms with E-state index in [1.165, 1.54) is 13.2 Å². The second kappa shape index (κ2) is 8.21. The third-order valence-electron chi connectivity index (χ3n) is 3.76. The molecule has 5 nitrogen and oxygen atoms in total. The summed E-state index contributed by atoms with van der Waals surface area (Å²) in [4.78, 5) is 12.1. The minimum atomic E-state index is -2.33. The number of halogens is 5. The smallest absolute Gasteiger partial charge is 0.291 e. The van der Waals surface area contributed by atoms with Crippen LogP contribution in [0.25, 0.3) is 0 Å². The van der Waals surface area contributed by atoms with E-state index in [1.807, 2.05) is 0 Å². The molecule has 29 heavy (non-hydrogen) atoms. The number of methoxy groups -OCH3 is 1. The first kappa shape index (κ1) is 20.2. The highest BCUT2D eigenvalue weighted by Gasteiger charge is 2.27. The van der Waals surface area contributed by atoms with E-state index >= 15 is 0 Å². The number of carbonyl (C=O) groups excluding carboxylic acids is 1. The van der Waals surface area contributed by atoms with Crippen LogP contribution in [0.3, 0.4) is 0 Å². The third kappa shape index (κ3) is 4.15. The van der Waals surface area contributed by atoms with E-state index in [-0.39, 0.29) is 12.4 Å². The van der Waals surface area contributed by atoms with E-state index in [1.54, 1.807) is 29.6 Å². The number of benzene rings is 2. The summed E-state index contributed by atoms with van der Waals surface area (Å²) in [6, 6.07) is 9.18. The highest BCUT2D eigenvalue weighted by atomic mass is 19.2. The molecule has 0 bridgehead atoms. The molecule has 0 aliphatic rings. The van der Waals surface area contributed by atoms with Gasteiger partial charge in [0.2, 0.25) is 5.82 Å². The predicted molar refractivity (Wildman–Crippen MR) is 90.2 cm³/mol. The number of amides is 1. The van der Waals surface area contributed by atoms with Gasteiger partial charge in [0.25, 0.3) is 5.91 Å². The van der Waals surface area contributed by atoms with Crippen molar-refractivity contribution in [3.8, 4) is 11.5 Å². The summed E-state index contributed by atoms with van der Waals surface area (Å²) in [7, 11) is 1.49. The van der Waals surface area contributed by atoms with Gasteiger partial charge in [-0.25, -0.2) is 22.0 Å². The van der Waals surface area contributed by atoms with Gasteiger partial charge in [0, 0.05) is 6.07 Å². The van der Waals surface area contributed by atoms with Crippen molar-refractivity contribution in [1.82, 2.24) is 0 Å². The van der Waals surface area contributed by atoms with E-state index in [0.29, 0.717) is 11.5 Å². The van der Waals surface area contributed by atoms with Crippen LogP contribution in [0.4, 0.5) is 27.6 Å². The van der Waals surface area contributed by atoms with Crippen molar-refractivity contribution in [3.63, 3.8) is 0 Å². The first-order valence-electron chi connectivity index (χ1n) is 8.00. The summed E-state index contributed by atoms with van der Waals surface area (Å²) < 4.78 is 82.5. The molecule has 1 N–H and O–H groups in total. The summed E-state index contributed by atoms with van der Waals surface area (Å²) in [5.74, 6) is -11.4. The van der Waals surface area contributed by atoms with Crippen LogP contribution >= 0.6 is 0 Å². The quantitative estimate of drug-likeness (QED) is 0.358. The first-order chi connectivity index (χ1) is 13.8. The molecular weight excluding hydrogens is 401 g/mol. The molecular formula is C19H12F5NO4. The first-order valence-corrected chi connectivity index (χ1v) is 8.00. The third-order valence-corrected chi connectivity index (χ3v) is 3.76. The fourth-order valence-corrected chi connectivity index (χ4v) is 2.31. The van der Waals surface area contributed by atoms with Crippen molar-refractivity contribution in [2.24, 2.45) is 0 Å². The number of nitrogens with one attached hydrogen (secondary N) is 1. The zero-order valence-corrected chi connectivity index (χ0v) is 14.7. The Kier molecular flexibility index (Phi) is 5.71. The Morgan fingerprint density at radius 2 is 1.55 bits per heavy atom. The van der Waals surface area contributed by atoms with Crippen molar-refractivity contribution in [3.05, 3.63) is 77.0 Å². The van der Waals surface area contributed by atoms with Crippen LogP contribution in [-0.4, -0.2) is 13.0 Å². The zero-order chi connectivity index (χ0) is 21.1. The van der Waals surface area contributed by atoms with Crippen LogP contribution in [0.2, 0.25) is 0 Å². The van der Waals surface area contributed by atoms with Gasteiger partial charge < -0.3 is 19.2 Å². The lowest BCUT2D eigenvalue weighted by molar-refractivity contribution is 0.0991. The second-order valence-electron chi connectivity index (χ2n) is 5.63. The molecule has 0 unspecified atom stereocenters. The van der Waals surface area contributed by atoms with Crippen LogP contribution in [0, 0.1) is 29.1 Å². The molecule has 3 aromatic rings. The van der Waals surface area contributed by atoms with Crippen LogP contribution in [0.1, 0.15) is 16.3 Å². The monoisotopic (exact) mass is 413 g/mol. The molecule has 0 atom stereocenters. The standard InChI is InChI=1S/C19H12F5NO4/c1-27-9-3-2-4-10(7-9)28-8-11-5-6-12(29-11)19(26)25-18-16(23)14(21)13(20)15(22)17(18)24/h2-7H,8H2,1H3,(H,25,26). The summed E-state index contributed by atoms with van der Waals surface area (Å²) >= 11 is 0. The van der Waals surface area contributed by atoms with E-state index < -0.39 is 46.4 Å². The zero-order valence-electron chi connectivity index (χ0n) is 14.7. The Labute approximate surface area is 160 Å². The Balaban J connectivity index is 1.71. The maximum absolute atomic E-state index is 13.7. The Bertz CT molecular complexity index is 1040. The Morgan fingerprint density at radius 3 is 2.21 bits per heavy atom. The molecule has 0 fully saturated rings. The molecule has 1 amide bonds. The number of furan rings is 1. The lowest BCUT2D eigenvalue weighted by atomic mass is 10.2. The average Bonchev–Trinajstić information content (AvgIpc) is 3.21. The van der Waals surface area contributed by atoms with Gasteiger partial charge in [-0.3, -0.25) is 4.79 Å². The fraction of sp³-hybridized carbons (Fsp3) is 0.105. The molecule has 3 rings (SSSR count). The van der Waals surface area contributed by atoms with Gasteiger partial charge in [-0.1, -0.05) is 6.07 Å². The van der Waals surface area contributed by atoms with E-state index in [2.05, 4.69) is 0 Å². The minimum Gasteiger partial charge on any atom is -0.497 e. The van der Waals surface area contributed by atoms with Crippen molar-refractivity contribution >= 4 is 11.6 Å². The highest BCUT2D eigenvalue weighted by Crippen LogP contribution is 2.28. The molecule has 0 saturated carbocycles. The van der Waals surface area contributed by atoms with E-state index in [4.69, 9.17) is 13.9 Å². The van der Waals surface area contributed by atoms with E-state index in [9.17, 15) is 26.7 Å². The van der Waals surface area contributed by atoms with Crippen LogP contribution in [0.15, 0.2) is 40.8 Å². The normalized spacial score (nSPS) is 10.7. The second-order valence-corrected chi connectivity index (χ2v) is 5.63. The molecule has 0 aliphatic carbocycles. The molecule has 0 saturated heterocycles. The van der Waals surface area contributed by atoms with E-state index in [0.717, 1.165) is 6.07 Å². The lowest BCUT2D eigenvalue weighted by Crippen LogP contribution is -2.16. The van der Waals surface area contributed by atoms with Crippen LogP contribution in [0.5, 0.6) is 11.5 Å². The molecule has 1 heterocycles. The number of carbonyl (C=O) groups is 1. The van der Waals surface area contributed by atoms with Gasteiger partial charge in [0.05, 0.1) is 7.11 Å². The number of hydrogen-bond donors (Lipinski definition) is 1. The van der Waals surface area contributed by atoms with Gasteiger partial charge in [0.1, 0.15) is 29.6 Å². The molecule has 2 aromatic carbocycles. The average molecular weight is 413 g/mol. The molecule has 10 heteroatoms. The minimum absolute atomic E-state index is 0.0943. The lowest BCUT2D eigenvalue weighted by Gasteiger charge is -2.09. The highest BCUT2D eigenvalue weighted by molar-refractivity contribution is 6.02. The summed E-state index contributed by atoms with van der Waals surface area (Å²) in [6.07, 6.45) is 0. The van der Waals surface area contributed by atoms with Gasteiger partial charge in [0.15, 0.2) is 29.0 Å². The molecule has 0 radical (unpaired) electrons. The van der Waals surface area contributed by atoms with Gasteiger partial charge >= 0.3 is 0 Å².